The molecule has 1 fully saturated rings. The predicted octanol–water partition coefficient (Wildman–Crippen LogP) is 0.912. The van der Waals surface area contributed by atoms with Crippen molar-refractivity contribution in [3.05, 3.63) is 0 Å². The highest BCUT2D eigenvalue weighted by atomic mass is 16.2. The molecule has 0 aromatic rings. The molecule has 2 atom stereocenters. The largest absolute Gasteiger partial charge is 0.337 e. The number of rotatable bonds is 4. The maximum absolute atomic E-state index is 12.3. The van der Waals surface area contributed by atoms with E-state index in [0.29, 0.717) is 6.04 Å². The summed E-state index contributed by atoms with van der Waals surface area (Å²) < 4.78 is 0. The summed E-state index contributed by atoms with van der Waals surface area (Å²) in [4.78, 5) is 16.5. The fraction of sp³-hybridized carbons (Fsp3) is 0.923. The Hall–Kier alpha value is -0.610. The van der Waals surface area contributed by atoms with E-state index in [0.717, 1.165) is 25.9 Å². The fourth-order valence-electron chi connectivity index (χ4n) is 2.38. The Morgan fingerprint density at radius 1 is 1.41 bits per heavy atom. The molecule has 4 nitrogen and oxygen atoms in total. The first kappa shape index (κ1) is 14.5. The molecule has 0 spiro atoms. The summed E-state index contributed by atoms with van der Waals surface area (Å²) in [7, 11) is 4.11. The number of hydrogen-bond acceptors (Lipinski definition) is 3. The van der Waals surface area contributed by atoms with Gasteiger partial charge in [0.05, 0.1) is 6.04 Å². The van der Waals surface area contributed by atoms with Crippen LogP contribution in [-0.4, -0.2) is 55.0 Å². The molecule has 1 amide bonds. The maximum Gasteiger partial charge on any atom is 0.240 e. The number of nitrogens with two attached hydrogens (primary N) is 1. The zero-order chi connectivity index (χ0) is 13.0. The molecule has 100 valence electrons. The van der Waals surface area contributed by atoms with Crippen molar-refractivity contribution in [2.24, 2.45) is 11.7 Å². The molecular weight excluding hydrogens is 214 g/mol. The van der Waals surface area contributed by atoms with Crippen LogP contribution in [0.4, 0.5) is 0 Å². The van der Waals surface area contributed by atoms with Crippen molar-refractivity contribution in [3.63, 3.8) is 0 Å². The number of likely N-dealkylation sites (N-methyl/N-ethyl adjacent to an activating group) is 1. The van der Waals surface area contributed by atoms with E-state index in [9.17, 15) is 4.79 Å². The van der Waals surface area contributed by atoms with E-state index in [4.69, 9.17) is 5.73 Å². The van der Waals surface area contributed by atoms with E-state index in [-0.39, 0.29) is 17.9 Å². The van der Waals surface area contributed by atoms with Crippen LogP contribution in [0.25, 0.3) is 0 Å². The summed E-state index contributed by atoms with van der Waals surface area (Å²) in [6.07, 6.45) is 3.44. The Morgan fingerprint density at radius 2 is 2.06 bits per heavy atom. The highest BCUT2D eigenvalue weighted by Crippen LogP contribution is 2.19. The second-order valence-electron chi connectivity index (χ2n) is 5.71. The molecule has 4 heteroatoms. The van der Waals surface area contributed by atoms with Gasteiger partial charge in [-0.25, -0.2) is 0 Å². The second kappa shape index (κ2) is 6.36. The maximum atomic E-state index is 12.3. The molecule has 0 aliphatic carbocycles. The van der Waals surface area contributed by atoms with E-state index >= 15 is 0 Å². The third-order valence-corrected chi connectivity index (χ3v) is 3.49. The average molecular weight is 241 g/mol. The summed E-state index contributed by atoms with van der Waals surface area (Å²) in [5, 5.41) is 0. The first-order chi connectivity index (χ1) is 7.93. The fourth-order valence-corrected chi connectivity index (χ4v) is 2.38. The zero-order valence-electron chi connectivity index (χ0n) is 11.6. The van der Waals surface area contributed by atoms with E-state index in [1.165, 1.54) is 6.42 Å². The molecular formula is C13H27N3O. The van der Waals surface area contributed by atoms with Gasteiger partial charge < -0.3 is 15.5 Å². The number of nitrogens with zero attached hydrogens (tertiary/aromatic N) is 2. The molecule has 0 saturated carbocycles. The minimum atomic E-state index is -0.349. The Morgan fingerprint density at radius 3 is 2.59 bits per heavy atom. The average Bonchev–Trinajstić information content (AvgIpc) is 2.27. The lowest BCUT2D eigenvalue weighted by atomic mass is 9.97. The summed E-state index contributed by atoms with van der Waals surface area (Å²) in [5.74, 6) is 0.344. The van der Waals surface area contributed by atoms with Crippen LogP contribution < -0.4 is 5.73 Å². The predicted molar refractivity (Wildman–Crippen MR) is 70.7 cm³/mol. The van der Waals surface area contributed by atoms with E-state index < -0.39 is 0 Å². The van der Waals surface area contributed by atoms with Gasteiger partial charge in [-0.3, -0.25) is 4.79 Å². The van der Waals surface area contributed by atoms with Gasteiger partial charge in [0.15, 0.2) is 0 Å². The van der Waals surface area contributed by atoms with Crippen molar-refractivity contribution in [3.8, 4) is 0 Å². The molecule has 2 N–H and O–H groups in total. The molecule has 0 bridgehead atoms. The van der Waals surface area contributed by atoms with Crippen molar-refractivity contribution in [2.45, 2.75) is 45.2 Å². The molecule has 1 heterocycles. The van der Waals surface area contributed by atoms with Crippen molar-refractivity contribution in [1.82, 2.24) is 9.80 Å². The summed E-state index contributed by atoms with van der Waals surface area (Å²) in [6.45, 7) is 5.83. The molecule has 1 saturated heterocycles. The van der Waals surface area contributed by atoms with Gasteiger partial charge in [0.25, 0.3) is 0 Å². The van der Waals surface area contributed by atoms with Gasteiger partial charge in [-0.2, -0.15) is 0 Å². The standard InChI is InChI=1S/C13H27N3O/c1-10(2)12(14)13(17)16-8-6-5-7-11(16)9-15(3)4/h10-12H,5-9,14H2,1-4H3/t11-,12-/m0/s1. The molecule has 0 aromatic carbocycles. The van der Waals surface area contributed by atoms with Crippen LogP contribution >= 0.6 is 0 Å². The van der Waals surface area contributed by atoms with Crippen LogP contribution in [0.1, 0.15) is 33.1 Å². The van der Waals surface area contributed by atoms with Crippen molar-refractivity contribution >= 4 is 5.91 Å². The van der Waals surface area contributed by atoms with Crippen LogP contribution in [0, 0.1) is 5.92 Å². The van der Waals surface area contributed by atoms with Crippen molar-refractivity contribution in [1.29, 1.82) is 0 Å². The number of amides is 1. The number of carbonyl (C=O) groups excluding carboxylic acids is 1. The summed E-state index contributed by atoms with van der Waals surface area (Å²) >= 11 is 0. The molecule has 1 aliphatic heterocycles. The Kier molecular flexibility index (Phi) is 5.40. The number of carbonyl (C=O) groups is 1. The SMILES string of the molecule is CC(C)[C@H](N)C(=O)N1CCCC[C@H]1CN(C)C. The van der Waals surface area contributed by atoms with Gasteiger partial charge in [-0.15, -0.1) is 0 Å². The van der Waals surface area contributed by atoms with Crippen LogP contribution in [0.15, 0.2) is 0 Å². The lowest BCUT2D eigenvalue weighted by molar-refractivity contribution is -0.137. The monoisotopic (exact) mass is 241 g/mol. The molecule has 17 heavy (non-hydrogen) atoms. The van der Waals surface area contributed by atoms with E-state index in [1.54, 1.807) is 0 Å². The van der Waals surface area contributed by atoms with Gasteiger partial charge in [-0.1, -0.05) is 13.8 Å². The van der Waals surface area contributed by atoms with Crippen molar-refractivity contribution in [2.75, 3.05) is 27.2 Å². The highest BCUT2D eigenvalue weighted by Gasteiger charge is 2.31. The first-order valence-corrected chi connectivity index (χ1v) is 6.64. The third-order valence-electron chi connectivity index (χ3n) is 3.49. The Labute approximate surface area is 105 Å². The number of hydrogen-bond donors (Lipinski definition) is 1. The first-order valence-electron chi connectivity index (χ1n) is 6.64. The van der Waals surface area contributed by atoms with E-state index in [1.807, 2.05) is 18.7 Å². The summed E-state index contributed by atoms with van der Waals surface area (Å²) in [5.41, 5.74) is 5.98. The Balaban J connectivity index is 2.67. The Bertz CT molecular complexity index is 253. The second-order valence-corrected chi connectivity index (χ2v) is 5.71. The van der Waals surface area contributed by atoms with E-state index in [2.05, 4.69) is 19.0 Å². The molecule has 0 unspecified atom stereocenters. The third kappa shape index (κ3) is 3.96. The van der Waals surface area contributed by atoms with Crippen LogP contribution in [-0.2, 0) is 4.79 Å². The van der Waals surface area contributed by atoms with Gasteiger partial charge in [0, 0.05) is 19.1 Å². The minimum Gasteiger partial charge on any atom is -0.337 e. The normalized spacial score (nSPS) is 23.2. The minimum absolute atomic E-state index is 0.131. The molecule has 1 aliphatic rings. The van der Waals surface area contributed by atoms with Crippen molar-refractivity contribution < 1.29 is 4.79 Å². The quantitative estimate of drug-likeness (QED) is 0.796. The summed E-state index contributed by atoms with van der Waals surface area (Å²) in [6, 6.07) is -0.00573. The van der Waals surface area contributed by atoms with Gasteiger partial charge in [0.2, 0.25) is 5.91 Å². The lowest BCUT2D eigenvalue weighted by Gasteiger charge is -2.39. The highest BCUT2D eigenvalue weighted by molar-refractivity contribution is 5.82. The van der Waals surface area contributed by atoms with Gasteiger partial charge in [0.1, 0.15) is 0 Å². The van der Waals surface area contributed by atoms with Gasteiger partial charge in [-0.05, 0) is 39.3 Å². The zero-order valence-corrected chi connectivity index (χ0v) is 11.6. The number of piperidine rings is 1. The molecule has 0 radical (unpaired) electrons. The topological polar surface area (TPSA) is 49.6 Å². The van der Waals surface area contributed by atoms with Gasteiger partial charge >= 0.3 is 0 Å². The molecule has 0 aromatic heterocycles. The van der Waals surface area contributed by atoms with Crippen LogP contribution in [0.3, 0.4) is 0 Å². The van der Waals surface area contributed by atoms with Crippen LogP contribution in [0.2, 0.25) is 0 Å². The van der Waals surface area contributed by atoms with Crippen LogP contribution in [0.5, 0.6) is 0 Å². The molecule has 1 rings (SSSR count). The number of likely N-dealkylation sites (tertiary alicyclic amines) is 1. The smallest absolute Gasteiger partial charge is 0.240 e. The lowest BCUT2D eigenvalue weighted by Crippen LogP contribution is -2.54.